The fraction of sp³-hybridized carbons (Fsp3) is 0.417. The molecule has 5 heteroatoms. The first-order valence-electron chi connectivity index (χ1n) is 5.52. The van der Waals surface area contributed by atoms with Crippen molar-refractivity contribution >= 4 is 34.8 Å². The van der Waals surface area contributed by atoms with Gasteiger partial charge in [-0.3, -0.25) is 4.79 Å². The Morgan fingerprint density at radius 1 is 1.35 bits per heavy atom. The van der Waals surface area contributed by atoms with Gasteiger partial charge in [0.1, 0.15) is 0 Å². The summed E-state index contributed by atoms with van der Waals surface area (Å²) < 4.78 is 0. The van der Waals surface area contributed by atoms with E-state index >= 15 is 0 Å². The van der Waals surface area contributed by atoms with Crippen molar-refractivity contribution in [2.24, 2.45) is 0 Å². The minimum atomic E-state index is 0.0867. The predicted molar refractivity (Wildman–Crippen MR) is 70.7 cm³/mol. The number of hydrogen-bond acceptors (Lipinski definition) is 2. The number of nitrogens with zero attached hydrogens (tertiary/aromatic N) is 1. The maximum Gasteiger partial charge on any atom is 0.241 e. The summed E-state index contributed by atoms with van der Waals surface area (Å²) in [6, 6.07) is 5.59. The highest BCUT2D eigenvalue weighted by atomic mass is 35.5. The zero-order valence-electron chi connectivity index (χ0n) is 9.54. The van der Waals surface area contributed by atoms with Crippen LogP contribution in [0.15, 0.2) is 18.2 Å². The molecule has 0 heterocycles. The van der Waals surface area contributed by atoms with Crippen LogP contribution in [0, 0.1) is 0 Å². The molecule has 92 valence electrons. The van der Waals surface area contributed by atoms with E-state index in [4.69, 9.17) is 23.2 Å². The number of carbonyl (C=O) groups excluding carboxylic acids is 1. The molecule has 1 fully saturated rings. The van der Waals surface area contributed by atoms with Crippen molar-refractivity contribution in [3.8, 4) is 0 Å². The summed E-state index contributed by atoms with van der Waals surface area (Å²) >= 11 is 11.7. The van der Waals surface area contributed by atoms with Crippen molar-refractivity contribution in [3.63, 3.8) is 0 Å². The number of amides is 1. The molecular formula is C12H14Cl2N2O. The van der Waals surface area contributed by atoms with Gasteiger partial charge in [-0.05, 0) is 31.0 Å². The molecule has 3 nitrogen and oxygen atoms in total. The first-order valence-corrected chi connectivity index (χ1v) is 6.27. The lowest BCUT2D eigenvalue weighted by molar-refractivity contribution is -0.128. The molecule has 1 N–H and O–H groups in total. The van der Waals surface area contributed by atoms with Gasteiger partial charge in [0.2, 0.25) is 5.91 Å². The first kappa shape index (κ1) is 12.5. The molecule has 1 aromatic rings. The highest BCUT2D eigenvalue weighted by Gasteiger charge is 2.29. The first-order chi connectivity index (χ1) is 8.06. The van der Waals surface area contributed by atoms with E-state index in [-0.39, 0.29) is 12.5 Å². The van der Waals surface area contributed by atoms with Crippen LogP contribution in [-0.4, -0.2) is 30.4 Å². The Balaban J connectivity index is 1.90. The van der Waals surface area contributed by atoms with Crippen LogP contribution in [0.5, 0.6) is 0 Å². The summed E-state index contributed by atoms with van der Waals surface area (Å²) in [6.45, 7) is 0.268. The van der Waals surface area contributed by atoms with Crippen LogP contribution in [0.2, 0.25) is 10.0 Å². The highest BCUT2D eigenvalue weighted by Crippen LogP contribution is 2.25. The molecule has 1 aromatic carbocycles. The number of hydrogen-bond donors (Lipinski definition) is 1. The van der Waals surface area contributed by atoms with Crippen LogP contribution in [0.3, 0.4) is 0 Å². The molecule has 0 spiro atoms. The van der Waals surface area contributed by atoms with E-state index in [1.54, 1.807) is 23.1 Å². The number of benzene rings is 1. The highest BCUT2D eigenvalue weighted by molar-refractivity contribution is 6.35. The third-order valence-electron chi connectivity index (χ3n) is 2.79. The molecule has 0 radical (unpaired) electrons. The second kappa shape index (κ2) is 5.15. The Kier molecular flexibility index (Phi) is 3.79. The zero-order chi connectivity index (χ0) is 12.4. The lowest BCUT2D eigenvalue weighted by Gasteiger charge is -2.17. The van der Waals surface area contributed by atoms with Crippen molar-refractivity contribution < 1.29 is 4.79 Å². The number of rotatable bonds is 4. The van der Waals surface area contributed by atoms with Gasteiger partial charge in [0.15, 0.2) is 0 Å². The number of carbonyl (C=O) groups is 1. The zero-order valence-corrected chi connectivity index (χ0v) is 11.1. The molecule has 0 atom stereocenters. The lowest BCUT2D eigenvalue weighted by atomic mass is 10.3. The predicted octanol–water partition coefficient (Wildman–Crippen LogP) is 3.03. The molecule has 1 aliphatic carbocycles. The molecule has 0 aromatic heterocycles. The fourth-order valence-corrected chi connectivity index (χ4v) is 2.15. The number of anilines is 1. The van der Waals surface area contributed by atoms with E-state index in [1.807, 2.05) is 7.05 Å². The van der Waals surface area contributed by atoms with E-state index in [0.717, 1.165) is 18.5 Å². The minimum absolute atomic E-state index is 0.0867. The van der Waals surface area contributed by atoms with Crippen molar-refractivity contribution in [2.45, 2.75) is 18.9 Å². The van der Waals surface area contributed by atoms with E-state index in [2.05, 4.69) is 5.32 Å². The van der Waals surface area contributed by atoms with E-state index in [9.17, 15) is 4.79 Å². The number of likely N-dealkylation sites (N-methyl/N-ethyl adjacent to an activating group) is 1. The molecule has 0 aliphatic heterocycles. The van der Waals surface area contributed by atoms with Crippen molar-refractivity contribution in [3.05, 3.63) is 28.2 Å². The summed E-state index contributed by atoms with van der Waals surface area (Å²) in [6.07, 6.45) is 2.23. The molecule has 17 heavy (non-hydrogen) atoms. The van der Waals surface area contributed by atoms with Crippen molar-refractivity contribution in [2.75, 3.05) is 18.9 Å². The van der Waals surface area contributed by atoms with E-state index in [0.29, 0.717) is 16.1 Å². The van der Waals surface area contributed by atoms with Crippen LogP contribution in [-0.2, 0) is 4.79 Å². The maximum atomic E-state index is 11.8. The average molecular weight is 273 g/mol. The molecule has 1 saturated carbocycles. The molecule has 0 unspecified atom stereocenters. The Labute approximate surface area is 111 Å². The van der Waals surface area contributed by atoms with Crippen LogP contribution >= 0.6 is 23.2 Å². The largest absolute Gasteiger partial charge is 0.376 e. The third kappa shape index (κ3) is 3.51. The summed E-state index contributed by atoms with van der Waals surface area (Å²) in [7, 11) is 1.84. The van der Waals surface area contributed by atoms with Gasteiger partial charge in [0.05, 0.1) is 6.54 Å². The lowest BCUT2D eigenvalue weighted by Crippen LogP contribution is -2.33. The SMILES string of the molecule is CN(C(=O)CNc1cc(Cl)cc(Cl)c1)C1CC1. The Bertz CT molecular complexity index is 412. The van der Waals surface area contributed by atoms with Gasteiger partial charge in [-0.2, -0.15) is 0 Å². The van der Waals surface area contributed by atoms with Gasteiger partial charge in [-0.1, -0.05) is 23.2 Å². The average Bonchev–Trinajstić information content (AvgIpc) is 3.07. The molecule has 1 aliphatic rings. The molecule has 0 bridgehead atoms. The molecule has 0 saturated heterocycles. The van der Waals surface area contributed by atoms with Crippen LogP contribution in [0.4, 0.5) is 5.69 Å². The van der Waals surface area contributed by atoms with Gasteiger partial charge in [0.25, 0.3) is 0 Å². The maximum absolute atomic E-state index is 11.8. The molecule has 2 rings (SSSR count). The van der Waals surface area contributed by atoms with Gasteiger partial charge >= 0.3 is 0 Å². The van der Waals surface area contributed by atoms with E-state index < -0.39 is 0 Å². The van der Waals surface area contributed by atoms with Crippen LogP contribution in [0.1, 0.15) is 12.8 Å². The number of halogens is 2. The number of nitrogens with one attached hydrogen (secondary N) is 1. The Morgan fingerprint density at radius 3 is 2.47 bits per heavy atom. The van der Waals surface area contributed by atoms with Crippen molar-refractivity contribution in [1.29, 1.82) is 0 Å². The second-order valence-corrected chi connectivity index (χ2v) is 5.12. The second-order valence-electron chi connectivity index (χ2n) is 4.25. The van der Waals surface area contributed by atoms with Gasteiger partial charge in [-0.15, -0.1) is 0 Å². The normalized spacial score (nSPS) is 14.5. The van der Waals surface area contributed by atoms with Gasteiger partial charge in [0, 0.05) is 28.8 Å². The Hall–Kier alpha value is -0.930. The summed E-state index contributed by atoms with van der Waals surface area (Å²) in [5, 5.41) is 4.15. The molecule has 1 amide bonds. The third-order valence-corrected chi connectivity index (χ3v) is 3.23. The van der Waals surface area contributed by atoms with Gasteiger partial charge < -0.3 is 10.2 Å². The summed E-state index contributed by atoms with van der Waals surface area (Å²) in [4.78, 5) is 13.6. The minimum Gasteiger partial charge on any atom is -0.376 e. The quantitative estimate of drug-likeness (QED) is 0.914. The van der Waals surface area contributed by atoms with Crippen LogP contribution in [0.25, 0.3) is 0 Å². The smallest absolute Gasteiger partial charge is 0.241 e. The molecular weight excluding hydrogens is 259 g/mol. The topological polar surface area (TPSA) is 32.3 Å². The fourth-order valence-electron chi connectivity index (χ4n) is 1.62. The standard InChI is InChI=1S/C12H14Cl2N2O/c1-16(11-2-3-11)12(17)7-15-10-5-8(13)4-9(14)6-10/h4-6,11,15H,2-3,7H2,1H3. The van der Waals surface area contributed by atoms with E-state index in [1.165, 1.54) is 0 Å². The van der Waals surface area contributed by atoms with Crippen molar-refractivity contribution in [1.82, 2.24) is 4.90 Å². The monoisotopic (exact) mass is 272 g/mol. The Morgan fingerprint density at radius 2 is 1.94 bits per heavy atom. The van der Waals surface area contributed by atoms with Crippen LogP contribution < -0.4 is 5.32 Å². The summed E-state index contributed by atoms with van der Waals surface area (Å²) in [5.41, 5.74) is 0.764. The van der Waals surface area contributed by atoms with Gasteiger partial charge in [-0.25, -0.2) is 0 Å². The summed E-state index contributed by atoms with van der Waals surface area (Å²) in [5.74, 6) is 0.0867.